The van der Waals surface area contributed by atoms with Crippen molar-refractivity contribution in [1.82, 2.24) is 0 Å². The van der Waals surface area contributed by atoms with Gasteiger partial charge in [-0.05, 0) is 50.2 Å². The lowest BCUT2D eigenvalue weighted by atomic mass is 10.2. The lowest BCUT2D eigenvalue weighted by Gasteiger charge is -1.96. The number of rotatable bonds is 2. The SMILES string of the molecule is Cc1cc(F)ccc1[I+]c1ccc(F)cc1C. The lowest BCUT2D eigenvalue weighted by molar-refractivity contribution is -0.598. The van der Waals surface area contributed by atoms with E-state index >= 15 is 0 Å². The molecule has 88 valence electrons. The molecule has 3 heteroatoms. The molecule has 0 aromatic heterocycles. The van der Waals surface area contributed by atoms with Gasteiger partial charge in [0.2, 0.25) is 0 Å². The number of aryl methyl sites for hydroxylation is 2. The summed E-state index contributed by atoms with van der Waals surface area (Å²) < 4.78 is 28.3. The first kappa shape index (κ1) is 12.5. The second kappa shape index (κ2) is 5.12. The molecule has 0 aliphatic carbocycles. The van der Waals surface area contributed by atoms with Crippen LogP contribution in [-0.4, -0.2) is 0 Å². The summed E-state index contributed by atoms with van der Waals surface area (Å²) in [4.78, 5) is 0. The molecule has 0 aliphatic rings. The molecular formula is C14H12F2I+. The summed E-state index contributed by atoms with van der Waals surface area (Å²) in [7, 11) is 0. The van der Waals surface area contributed by atoms with Crippen LogP contribution in [0, 0.1) is 32.6 Å². The molecule has 0 nitrogen and oxygen atoms in total. The predicted octanol–water partition coefficient (Wildman–Crippen LogP) is 0.710. The van der Waals surface area contributed by atoms with Crippen LogP contribution < -0.4 is 21.2 Å². The first-order valence-electron chi connectivity index (χ1n) is 5.23. The van der Waals surface area contributed by atoms with Gasteiger partial charge in [0, 0.05) is 11.1 Å². The summed E-state index contributed by atoms with van der Waals surface area (Å²) in [5.41, 5.74) is 1.95. The Morgan fingerprint density at radius 3 is 1.53 bits per heavy atom. The third kappa shape index (κ3) is 3.03. The third-order valence-electron chi connectivity index (χ3n) is 2.44. The van der Waals surface area contributed by atoms with Crippen LogP contribution in [0.2, 0.25) is 0 Å². The van der Waals surface area contributed by atoms with Crippen molar-refractivity contribution in [2.24, 2.45) is 0 Å². The smallest absolute Gasteiger partial charge is 0.207 e. The maximum absolute atomic E-state index is 13.0. The zero-order chi connectivity index (χ0) is 12.4. The molecule has 0 saturated heterocycles. The summed E-state index contributed by atoms with van der Waals surface area (Å²) in [5.74, 6) is -0.405. The van der Waals surface area contributed by atoms with Crippen molar-refractivity contribution < 1.29 is 30.0 Å². The Kier molecular flexibility index (Phi) is 3.76. The fraction of sp³-hybridized carbons (Fsp3) is 0.143. The van der Waals surface area contributed by atoms with Gasteiger partial charge >= 0.3 is 21.2 Å². The normalized spacial score (nSPS) is 10.6. The average molecular weight is 345 g/mol. The largest absolute Gasteiger partial charge is 0.358 e. The topological polar surface area (TPSA) is 0 Å². The maximum atomic E-state index is 13.0. The van der Waals surface area contributed by atoms with Crippen LogP contribution in [0.1, 0.15) is 11.1 Å². The minimum absolute atomic E-state index is 0.203. The molecule has 0 heterocycles. The van der Waals surface area contributed by atoms with Gasteiger partial charge in [0.05, 0.1) is 0 Å². The van der Waals surface area contributed by atoms with E-state index in [1.165, 1.54) is 19.3 Å². The van der Waals surface area contributed by atoms with Gasteiger partial charge in [-0.25, -0.2) is 8.78 Å². The molecule has 0 unspecified atom stereocenters. The summed E-state index contributed by atoms with van der Waals surface area (Å²) in [5, 5.41) is 0. The summed E-state index contributed by atoms with van der Waals surface area (Å²) >= 11 is -0.374. The predicted molar refractivity (Wildman–Crippen MR) is 59.7 cm³/mol. The highest BCUT2D eigenvalue weighted by Gasteiger charge is 2.20. The molecule has 0 saturated carbocycles. The minimum Gasteiger partial charge on any atom is -0.207 e. The Labute approximate surface area is 110 Å². The Morgan fingerprint density at radius 1 is 0.765 bits per heavy atom. The Balaban J connectivity index is 2.31. The molecule has 0 N–H and O–H groups in total. The Bertz CT molecular complexity index is 500. The standard InChI is InChI=1S/C14H12F2I/c1-9-7-11(15)3-5-13(9)17-14-6-4-12(16)8-10(14)2/h3-8H,1-2H3/q+1. The lowest BCUT2D eigenvalue weighted by Crippen LogP contribution is -3.62. The van der Waals surface area contributed by atoms with Crippen LogP contribution >= 0.6 is 0 Å². The van der Waals surface area contributed by atoms with Crippen LogP contribution in [0.3, 0.4) is 0 Å². The Hall–Kier alpha value is -0.970. The van der Waals surface area contributed by atoms with Crippen LogP contribution in [0.15, 0.2) is 36.4 Å². The molecule has 0 spiro atoms. The van der Waals surface area contributed by atoms with Crippen molar-refractivity contribution >= 4 is 0 Å². The van der Waals surface area contributed by atoms with E-state index in [0.29, 0.717) is 0 Å². The molecule has 0 radical (unpaired) electrons. The molecule has 0 bridgehead atoms. The van der Waals surface area contributed by atoms with E-state index in [1.807, 2.05) is 26.0 Å². The van der Waals surface area contributed by atoms with E-state index in [4.69, 9.17) is 0 Å². The molecule has 0 aliphatic heterocycles. The fourth-order valence-corrected chi connectivity index (χ4v) is 4.05. The average Bonchev–Trinajstić information content (AvgIpc) is 2.25. The van der Waals surface area contributed by atoms with Crippen molar-refractivity contribution in [2.45, 2.75) is 13.8 Å². The van der Waals surface area contributed by atoms with E-state index in [9.17, 15) is 8.78 Å². The van der Waals surface area contributed by atoms with E-state index in [0.717, 1.165) is 11.1 Å². The number of benzene rings is 2. The van der Waals surface area contributed by atoms with Crippen LogP contribution in [-0.2, 0) is 0 Å². The highest BCUT2D eigenvalue weighted by molar-refractivity contribution is 5.16. The molecule has 0 amide bonds. The van der Waals surface area contributed by atoms with Gasteiger partial charge in [-0.15, -0.1) is 0 Å². The first-order valence-corrected chi connectivity index (χ1v) is 7.39. The Morgan fingerprint density at radius 2 is 1.18 bits per heavy atom. The van der Waals surface area contributed by atoms with E-state index < -0.39 is 0 Å². The number of hydrogen-bond donors (Lipinski definition) is 0. The van der Waals surface area contributed by atoms with Crippen LogP contribution in [0.25, 0.3) is 0 Å². The number of hydrogen-bond acceptors (Lipinski definition) is 0. The molecule has 2 rings (SSSR count). The fourth-order valence-electron chi connectivity index (χ4n) is 1.54. The monoisotopic (exact) mass is 345 g/mol. The van der Waals surface area contributed by atoms with E-state index in [1.54, 1.807) is 12.1 Å². The zero-order valence-corrected chi connectivity index (χ0v) is 11.8. The third-order valence-corrected chi connectivity index (χ3v) is 6.03. The van der Waals surface area contributed by atoms with Crippen molar-refractivity contribution in [2.75, 3.05) is 0 Å². The molecule has 0 atom stereocenters. The molecular weight excluding hydrogens is 333 g/mol. The second-order valence-electron chi connectivity index (χ2n) is 3.88. The zero-order valence-electron chi connectivity index (χ0n) is 9.60. The van der Waals surface area contributed by atoms with Crippen molar-refractivity contribution in [3.8, 4) is 0 Å². The minimum atomic E-state index is -0.374. The van der Waals surface area contributed by atoms with E-state index in [-0.39, 0.29) is 32.8 Å². The highest BCUT2D eigenvalue weighted by Crippen LogP contribution is 2.03. The van der Waals surface area contributed by atoms with Gasteiger partial charge < -0.3 is 0 Å². The van der Waals surface area contributed by atoms with Gasteiger partial charge in [-0.1, -0.05) is 0 Å². The van der Waals surface area contributed by atoms with Crippen molar-refractivity contribution in [1.29, 1.82) is 0 Å². The highest BCUT2D eigenvalue weighted by atomic mass is 127. The van der Waals surface area contributed by atoms with Gasteiger partial charge in [-0.3, -0.25) is 0 Å². The van der Waals surface area contributed by atoms with Crippen LogP contribution in [0.4, 0.5) is 8.78 Å². The molecule has 2 aromatic rings. The summed E-state index contributed by atoms with van der Waals surface area (Å²) in [6.45, 7) is 3.83. The van der Waals surface area contributed by atoms with Crippen LogP contribution in [0.5, 0.6) is 0 Å². The maximum Gasteiger partial charge on any atom is 0.358 e. The summed E-state index contributed by atoms with van der Waals surface area (Å²) in [6, 6.07) is 9.74. The molecule has 17 heavy (non-hydrogen) atoms. The van der Waals surface area contributed by atoms with E-state index in [2.05, 4.69) is 0 Å². The van der Waals surface area contributed by atoms with Gasteiger partial charge in [-0.2, -0.15) is 0 Å². The van der Waals surface area contributed by atoms with Gasteiger partial charge in [0.15, 0.2) is 7.14 Å². The molecule has 0 fully saturated rings. The molecule has 2 aromatic carbocycles. The summed E-state index contributed by atoms with van der Waals surface area (Å²) in [6.07, 6.45) is 0. The number of halogens is 3. The van der Waals surface area contributed by atoms with Gasteiger partial charge in [0.25, 0.3) is 0 Å². The van der Waals surface area contributed by atoms with Crippen molar-refractivity contribution in [3.05, 3.63) is 66.3 Å². The second-order valence-corrected chi connectivity index (χ2v) is 6.75. The van der Waals surface area contributed by atoms with Crippen molar-refractivity contribution in [3.63, 3.8) is 0 Å². The van der Waals surface area contributed by atoms with Gasteiger partial charge in [0.1, 0.15) is 11.6 Å². The first-order chi connectivity index (χ1) is 8.06. The quantitative estimate of drug-likeness (QED) is 0.704.